The highest BCUT2D eigenvalue weighted by Gasteiger charge is 2.11. The Bertz CT molecular complexity index is 789. The van der Waals surface area contributed by atoms with Crippen molar-refractivity contribution in [2.24, 2.45) is 4.99 Å². The van der Waals surface area contributed by atoms with Crippen molar-refractivity contribution in [3.63, 3.8) is 0 Å². The minimum absolute atomic E-state index is 0.676. The number of methoxy groups -OCH3 is 2. The van der Waals surface area contributed by atoms with Gasteiger partial charge in [0.15, 0.2) is 17.5 Å². The molecule has 0 unspecified atom stereocenters. The lowest BCUT2D eigenvalue weighted by atomic mass is 10.2. The predicted molar refractivity (Wildman–Crippen MR) is 119 cm³/mol. The summed E-state index contributed by atoms with van der Waals surface area (Å²) in [6.07, 6.45) is 0. The molecule has 2 N–H and O–H groups in total. The molecule has 28 heavy (non-hydrogen) atoms. The van der Waals surface area contributed by atoms with E-state index in [9.17, 15) is 0 Å². The van der Waals surface area contributed by atoms with Crippen LogP contribution in [-0.4, -0.2) is 51.8 Å². The second-order valence-corrected chi connectivity index (χ2v) is 7.61. The normalized spacial score (nSPS) is 14.5. The van der Waals surface area contributed by atoms with Gasteiger partial charge in [0.1, 0.15) is 0 Å². The SMILES string of the molecule is CN=C(NCc1ccc(N2CCSCC2)cc1)Nc1ccc(OC)c(OC)c1. The van der Waals surface area contributed by atoms with Crippen LogP contribution in [0, 0.1) is 0 Å². The second kappa shape index (κ2) is 10.1. The number of hydrogen-bond acceptors (Lipinski definition) is 5. The molecule has 1 fully saturated rings. The van der Waals surface area contributed by atoms with Crippen molar-refractivity contribution in [1.82, 2.24) is 5.32 Å². The number of hydrogen-bond donors (Lipinski definition) is 2. The minimum Gasteiger partial charge on any atom is -0.493 e. The van der Waals surface area contributed by atoms with Gasteiger partial charge in [0.2, 0.25) is 0 Å². The second-order valence-electron chi connectivity index (χ2n) is 6.39. The van der Waals surface area contributed by atoms with Gasteiger partial charge in [0.05, 0.1) is 14.2 Å². The summed E-state index contributed by atoms with van der Waals surface area (Å²) in [6.45, 7) is 2.96. The van der Waals surface area contributed by atoms with Crippen molar-refractivity contribution in [3.8, 4) is 11.5 Å². The number of benzene rings is 2. The van der Waals surface area contributed by atoms with E-state index in [-0.39, 0.29) is 0 Å². The maximum Gasteiger partial charge on any atom is 0.195 e. The summed E-state index contributed by atoms with van der Waals surface area (Å²) < 4.78 is 10.6. The summed E-state index contributed by atoms with van der Waals surface area (Å²) in [6, 6.07) is 14.4. The predicted octanol–water partition coefficient (Wildman–Crippen LogP) is 3.44. The van der Waals surface area contributed by atoms with Crippen LogP contribution in [0.5, 0.6) is 11.5 Å². The Morgan fingerprint density at radius 2 is 1.75 bits per heavy atom. The number of nitrogens with one attached hydrogen (secondary N) is 2. The molecule has 0 saturated carbocycles. The highest BCUT2D eigenvalue weighted by Crippen LogP contribution is 2.29. The molecule has 150 valence electrons. The highest BCUT2D eigenvalue weighted by molar-refractivity contribution is 7.99. The third kappa shape index (κ3) is 5.25. The van der Waals surface area contributed by atoms with Crippen LogP contribution in [0.3, 0.4) is 0 Å². The fourth-order valence-electron chi connectivity index (χ4n) is 3.06. The van der Waals surface area contributed by atoms with E-state index >= 15 is 0 Å². The van der Waals surface area contributed by atoms with Gasteiger partial charge in [-0.05, 0) is 29.8 Å². The Balaban J connectivity index is 1.56. The van der Waals surface area contributed by atoms with E-state index in [0.717, 1.165) is 18.8 Å². The molecule has 1 aliphatic heterocycles. The van der Waals surface area contributed by atoms with Crippen LogP contribution in [0.1, 0.15) is 5.56 Å². The Morgan fingerprint density at radius 1 is 1.04 bits per heavy atom. The van der Waals surface area contributed by atoms with E-state index in [1.54, 1.807) is 21.3 Å². The maximum atomic E-state index is 5.35. The molecule has 0 bridgehead atoms. The number of anilines is 2. The van der Waals surface area contributed by atoms with E-state index in [1.807, 2.05) is 30.0 Å². The Labute approximate surface area is 171 Å². The van der Waals surface area contributed by atoms with E-state index in [2.05, 4.69) is 44.8 Å². The number of ether oxygens (including phenoxy) is 2. The zero-order valence-corrected chi connectivity index (χ0v) is 17.5. The molecule has 1 aliphatic rings. The fourth-order valence-corrected chi connectivity index (χ4v) is 3.96. The maximum absolute atomic E-state index is 5.35. The van der Waals surface area contributed by atoms with Crippen LogP contribution in [0.2, 0.25) is 0 Å². The molecule has 3 rings (SSSR count). The summed E-state index contributed by atoms with van der Waals surface area (Å²) in [4.78, 5) is 6.75. The standard InChI is InChI=1S/C21H28N4O2S/c1-22-21(24-17-6-9-19(26-2)20(14-17)27-3)23-15-16-4-7-18(8-5-16)25-10-12-28-13-11-25/h4-9,14H,10-13,15H2,1-3H3,(H2,22,23,24). The van der Waals surface area contributed by atoms with Crippen LogP contribution in [0.25, 0.3) is 0 Å². The van der Waals surface area contributed by atoms with Gasteiger partial charge < -0.3 is 25.0 Å². The molecule has 0 radical (unpaired) electrons. The molecular weight excluding hydrogens is 372 g/mol. The molecule has 2 aromatic carbocycles. The Morgan fingerprint density at radius 3 is 2.39 bits per heavy atom. The highest BCUT2D eigenvalue weighted by atomic mass is 32.2. The minimum atomic E-state index is 0.676. The quantitative estimate of drug-likeness (QED) is 0.572. The van der Waals surface area contributed by atoms with E-state index in [0.29, 0.717) is 24.0 Å². The molecule has 1 saturated heterocycles. The Kier molecular flexibility index (Phi) is 7.31. The first-order valence-electron chi connectivity index (χ1n) is 9.35. The number of rotatable bonds is 6. The molecule has 1 heterocycles. The zero-order valence-electron chi connectivity index (χ0n) is 16.7. The smallest absolute Gasteiger partial charge is 0.195 e. The molecule has 2 aromatic rings. The average Bonchev–Trinajstić information content (AvgIpc) is 2.77. The van der Waals surface area contributed by atoms with Crippen molar-refractivity contribution < 1.29 is 9.47 Å². The van der Waals surface area contributed by atoms with Gasteiger partial charge in [-0.15, -0.1) is 0 Å². The molecular formula is C21H28N4O2S. The molecule has 7 heteroatoms. The van der Waals surface area contributed by atoms with Gasteiger partial charge in [0.25, 0.3) is 0 Å². The third-order valence-corrected chi connectivity index (χ3v) is 5.58. The molecule has 0 spiro atoms. The molecule has 0 amide bonds. The largest absolute Gasteiger partial charge is 0.493 e. The lowest BCUT2D eigenvalue weighted by molar-refractivity contribution is 0.355. The first kappa shape index (κ1) is 20.2. The first-order chi connectivity index (χ1) is 13.7. The molecule has 0 aliphatic carbocycles. The van der Waals surface area contributed by atoms with Gasteiger partial charge in [-0.2, -0.15) is 11.8 Å². The lowest BCUT2D eigenvalue weighted by Gasteiger charge is -2.28. The monoisotopic (exact) mass is 400 g/mol. The van der Waals surface area contributed by atoms with Crippen LogP contribution >= 0.6 is 11.8 Å². The summed E-state index contributed by atoms with van der Waals surface area (Å²) in [5, 5.41) is 6.63. The van der Waals surface area contributed by atoms with Crippen molar-refractivity contribution in [2.75, 3.05) is 56.1 Å². The Hall–Kier alpha value is -2.54. The van der Waals surface area contributed by atoms with Crippen LogP contribution in [0.4, 0.5) is 11.4 Å². The number of guanidine groups is 1. The van der Waals surface area contributed by atoms with Crippen LogP contribution < -0.4 is 25.0 Å². The summed E-state index contributed by atoms with van der Waals surface area (Å²) in [7, 11) is 5.01. The van der Waals surface area contributed by atoms with Gasteiger partial charge in [-0.25, -0.2) is 0 Å². The lowest BCUT2D eigenvalue weighted by Crippen LogP contribution is -2.32. The molecule has 0 atom stereocenters. The zero-order chi connectivity index (χ0) is 19.8. The van der Waals surface area contributed by atoms with E-state index < -0.39 is 0 Å². The van der Waals surface area contributed by atoms with Gasteiger partial charge in [-0.1, -0.05) is 12.1 Å². The summed E-state index contributed by atoms with van der Waals surface area (Å²) in [5.74, 6) is 4.49. The van der Waals surface area contributed by atoms with Crippen LogP contribution in [0.15, 0.2) is 47.5 Å². The van der Waals surface area contributed by atoms with Crippen molar-refractivity contribution in [3.05, 3.63) is 48.0 Å². The summed E-state index contributed by atoms with van der Waals surface area (Å²) in [5.41, 5.74) is 3.39. The van der Waals surface area contributed by atoms with Gasteiger partial charge in [-0.3, -0.25) is 4.99 Å². The number of nitrogens with zero attached hydrogens (tertiary/aromatic N) is 2. The van der Waals surface area contributed by atoms with Gasteiger partial charge >= 0.3 is 0 Å². The fraction of sp³-hybridized carbons (Fsp3) is 0.381. The van der Waals surface area contributed by atoms with Crippen LogP contribution in [-0.2, 0) is 6.54 Å². The number of thioether (sulfide) groups is 1. The van der Waals surface area contributed by atoms with Gasteiger partial charge in [0, 0.05) is 55.6 Å². The van der Waals surface area contributed by atoms with E-state index in [4.69, 9.17) is 9.47 Å². The summed E-state index contributed by atoms with van der Waals surface area (Å²) >= 11 is 2.03. The third-order valence-electron chi connectivity index (χ3n) is 4.64. The molecule has 0 aromatic heterocycles. The topological polar surface area (TPSA) is 58.1 Å². The van der Waals surface area contributed by atoms with Crippen molar-refractivity contribution >= 4 is 29.1 Å². The van der Waals surface area contributed by atoms with E-state index in [1.165, 1.54) is 22.8 Å². The van der Waals surface area contributed by atoms with Crippen molar-refractivity contribution in [2.45, 2.75) is 6.54 Å². The first-order valence-corrected chi connectivity index (χ1v) is 10.5. The molecule has 6 nitrogen and oxygen atoms in total. The van der Waals surface area contributed by atoms with Crippen molar-refractivity contribution in [1.29, 1.82) is 0 Å². The average molecular weight is 401 g/mol. The number of aliphatic imine (C=N–C) groups is 1.